The number of hydrogen-bond donors (Lipinski definition) is 1. The second-order valence-corrected chi connectivity index (χ2v) is 5.60. The Morgan fingerprint density at radius 2 is 1.95 bits per heavy atom. The number of benzene rings is 2. The third-order valence-electron chi connectivity index (χ3n) is 3.76. The van der Waals surface area contributed by atoms with Gasteiger partial charge in [0.2, 0.25) is 5.91 Å². The summed E-state index contributed by atoms with van der Waals surface area (Å²) in [6.45, 7) is 2.54. The summed E-state index contributed by atoms with van der Waals surface area (Å²) in [6.07, 6.45) is 0. The van der Waals surface area contributed by atoms with E-state index < -0.39 is 6.04 Å². The van der Waals surface area contributed by atoms with Gasteiger partial charge < -0.3 is 15.4 Å². The molecule has 0 bridgehead atoms. The summed E-state index contributed by atoms with van der Waals surface area (Å²) in [5.74, 6) is 0.692. The van der Waals surface area contributed by atoms with Gasteiger partial charge in [-0.1, -0.05) is 23.7 Å². The minimum absolute atomic E-state index is 0.0888. The molecule has 22 heavy (non-hydrogen) atoms. The fourth-order valence-electron chi connectivity index (χ4n) is 2.72. The lowest BCUT2D eigenvalue weighted by Crippen LogP contribution is -2.63. The summed E-state index contributed by atoms with van der Waals surface area (Å²) < 4.78 is 5.42. The number of carbonyl (C=O) groups excluding carboxylic acids is 1. The number of anilines is 1. The molecule has 1 aliphatic rings. The molecule has 1 fully saturated rings. The second-order valence-electron chi connectivity index (χ2n) is 5.16. The van der Waals surface area contributed by atoms with Crippen molar-refractivity contribution in [3.8, 4) is 5.75 Å². The smallest absolute Gasteiger partial charge is 0.247 e. The van der Waals surface area contributed by atoms with Gasteiger partial charge in [-0.05, 0) is 48.9 Å². The molecule has 0 spiro atoms. The Morgan fingerprint density at radius 1 is 1.23 bits per heavy atom. The van der Waals surface area contributed by atoms with Crippen molar-refractivity contribution in [1.29, 1.82) is 0 Å². The standard InChI is InChI=1S/C17H17ClN2O2/c1-2-22-14-8-6-13(7-9-14)20-16(15(19)17(20)21)11-4-3-5-12(18)10-11/h3-10,15-16H,2,19H2,1H3/t15-,16-/m1/s1. The molecule has 2 atom stereocenters. The molecule has 2 N–H and O–H groups in total. The Kier molecular flexibility index (Phi) is 4.05. The summed E-state index contributed by atoms with van der Waals surface area (Å²) in [6, 6.07) is 14.2. The fourth-order valence-corrected chi connectivity index (χ4v) is 2.91. The number of nitrogens with two attached hydrogens (primary N) is 1. The topological polar surface area (TPSA) is 55.6 Å². The van der Waals surface area contributed by atoms with Crippen LogP contribution in [0.1, 0.15) is 18.5 Å². The first-order valence-electron chi connectivity index (χ1n) is 7.19. The van der Waals surface area contributed by atoms with E-state index in [2.05, 4.69) is 0 Å². The maximum absolute atomic E-state index is 12.2. The first-order chi connectivity index (χ1) is 10.6. The van der Waals surface area contributed by atoms with E-state index in [9.17, 15) is 4.79 Å². The Morgan fingerprint density at radius 3 is 2.59 bits per heavy atom. The lowest BCUT2D eigenvalue weighted by Gasteiger charge is -2.45. The minimum atomic E-state index is -0.537. The van der Waals surface area contributed by atoms with Crippen LogP contribution in [0.15, 0.2) is 48.5 Å². The first-order valence-corrected chi connectivity index (χ1v) is 7.56. The van der Waals surface area contributed by atoms with E-state index in [0.29, 0.717) is 11.6 Å². The predicted molar refractivity (Wildman–Crippen MR) is 87.3 cm³/mol. The monoisotopic (exact) mass is 316 g/mol. The second kappa shape index (κ2) is 5.99. The van der Waals surface area contributed by atoms with Gasteiger partial charge in [0.25, 0.3) is 0 Å². The predicted octanol–water partition coefficient (Wildman–Crippen LogP) is 3.15. The van der Waals surface area contributed by atoms with Crippen molar-refractivity contribution >= 4 is 23.2 Å². The molecule has 114 valence electrons. The molecule has 1 heterocycles. The van der Waals surface area contributed by atoms with Crippen LogP contribution >= 0.6 is 11.6 Å². The van der Waals surface area contributed by atoms with E-state index in [-0.39, 0.29) is 11.9 Å². The van der Waals surface area contributed by atoms with Crippen LogP contribution in [0, 0.1) is 0 Å². The zero-order chi connectivity index (χ0) is 15.7. The fraction of sp³-hybridized carbons (Fsp3) is 0.235. The van der Waals surface area contributed by atoms with Crippen molar-refractivity contribution in [3.05, 3.63) is 59.1 Å². The molecule has 3 rings (SSSR count). The molecule has 0 radical (unpaired) electrons. The van der Waals surface area contributed by atoms with Crippen molar-refractivity contribution in [2.75, 3.05) is 11.5 Å². The highest BCUT2D eigenvalue weighted by Gasteiger charge is 2.46. The minimum Gasteiger partial charge on any atom is -0.494 e. The number of rotatable bonds is 4. The highest BCUT2D eigenvalue weighted by Crippen LogP contribution is 2.39. The average Bonchev–Trinajstić information content (AvgIpc) is 2.53. The van der Waals surface area contributed by atoms with Crippen LogP contribution < -0.4 is 15.4 Å². The van der Waals surface area contributed by atoms with Crippen molar-refractivity contribution in [2.45, 2.75) is 19.0 Å². The molecule has 1 aliphatic heterocycles. The maximum Gasteiger partial charge on any atom is 0.247 e. The van der Waals surface area contributed by atoms with E-state index in [0.717, 1.165) is 17.0 Å². The van der Waals surface area contributed by atoms with Gasteiger partial charge in [-0.15, -0.1) is 0 Å². The van der Waals surface area contributed by atoms with Crippen LogP contribution in [0.25, 0.3) is 0 Å². The van der Waals surface area contributed by atoms with Crippen molar-refractivity contribution < 1.29 is 9.53 Å². The van der Waals surface area contributed by atoms with E-state index in [1.165, 1.54) is 0 Å². The summed E-state index contributed by atoms with van der Waals surface area (Å²) in [4.78, 5) is 13.9. The van der Waals surface area contributed by atoms with E-state index in [1.807, 2.05) is 49.4 Å². The summed E-state index contributed by atoms with van der Waals surface area (Å²) >= 11 is 6.04. The van der Waals surface area contributed by atoms with Crippen LogP contribution in [0.5, 0.6) is 5.75 Å². The van der Waals surface area contributed by atoms with Gasteiger partial charge in [-0.25, -0.2) is 0 Å². The van der Waals surface area contributed by atoms with Gasteiger partial charge in [-0.2, -0.15) is 0 Å². The van der Waals surface area contributed by atoms with Crippen molar-refractivity contribution in [2.24, 2.45) is 5.73 Å². The van der Waals surface area contributed by atoms with E-state index in [4.69, 9.17) is 22.1 Å². The number of carbonyl (C=O) groups is 1. The Balaban J connectivity index is 1.89. The van der Waals surface area contributed by atoms with Crippen LogP contribution in [0.4, 0.5) is 5.69 Å². The lowest BCUT2D eigenvalue weighted by atomic mass is 9.88. The molecule has 2 aromatic rings. The van der Waals surface area contributed by atoms with Gasteiger partial charge in [-0.3, -0.25) is 4.79 Å². The average molecular weight is 317 g/mol. The molecule has 0 aliphatic carbocycles. The third kappa shape index (κ3) is 2.56. The number of nitrogens with zero attached hydrogens (tertiary/aromatic N) is 1. The highest BCUT2D eigenvalue weighted by atomic mass is 35.5. The maximum atomic E-state index is 12.2. The van der Waals surface area contributed by atoms with Gasteiger partial charge >= 0.3 is 0 Å². The Bertz CT molecular complexity index is 687. The third-order valence-corrected chi connectivity index (χ3v) is 3.99. The summed E-state index contributed by atoms with van der Waals surface area (Å²) in [7, 11) is 0. The molecule has 0 unspecified atom stereocenters. The highest BCUT2D eigenvalue weighted by molar-refractivity contribution is 6.30. The number of ether oxygens (including phenoxy) is 1. The largest absolute Gasteiger partial charge is 0.494 e. The number of halogens is 1. The molecule has 0 aromatic heterocycles. The Labute approximate surface area is 134 Å². The van der Waals surface area contributed by atoms with Crippen LogP contribution in [-0.4, -0.2) is 18.6 Å². The van der Waals surface area contributed by atoms with Gasteiger partial charge in [0.15, 0.2) is 0 Å². The van der Waals surface area contributed by atoms with Crippen molar-refractivity contribution in [3.63, 3.8) is 0 Å². The number of hydrogen-bond acceptors (Lipinski definition) is 3. The molecule has 1 amide bonds. The van der Waals surface area contributed by atoms with E-state index >= 15 is 0 Å². The molecule has 0 saturated carbocycles. The van der Waals surface area contributed by atoms with E-state index in [1.54, 1.807) is 11.0 Å². The molecule has 2 aromatic carbocycles. The normalized spacial score (nSPS) is 20.7. The zero-order valence-corrected chi connectivity index (χ0v) is 13.0. The number of β-lactam (4-membered cyclic amide) rings is 1. The SMILES string of the molecule is CCOc1ccc(N2C(=O)[C@H](N)[C@H]2c2cccc(Cl)c2)cc1. The van der Waals surface area contributed by atoms with Gasteiger partial charge in [0.1, 0.15) is 11.8 Å². The lowest BCUT2D eigenvalue weighted by molar-refractivity contribution is -0.126. The Hall–Kier alpha value is -2.04. The quantitative estimate of drug-likeness (QED) is 0.882. The summed E-state index contributed by atoms with van der Waals surface area (Å²) in [5.41, 5.74) is 7.74. The summed E-state index contributed by atoms with van der Waals surface area (Å²) in [5, 5.41) is 0.635. The molecule has 1 saturated heterocycles. The van der Waals surface area contributed by atoms with Crippen molar-refractivity contribution in [1.82, 2.24) is 0 Å². The van der Waals surface area contributed by atoms with Gasteiger partial charge in [0.05, 0.1) is 12.6 Å². The van der Waals surface area contributed by atoms with Crippen LogP contribution in [-0.2, 0) is 4.79 Å². The number of amides is 1. The molecular weight excluding hydrogens is 300 g/mol. The molecular formula is C17H17ClN2O2. The van der Waals surface area contributed by atoms with Crippen LogP contribution in [0.3, 0.4) is 0 Å². The zero-order valence-electron chi connectivity index (χ0n) is 12.2. The molecule has 4 nitrogen and oxygen atoms in total. The molecule has 5 heteroatoms. The first kappa shape index (κ1) is 14.9. The van der Waals surface area contributed by atoms with Crippen LogP contribution in [0.2, 0.25) is 5.02 Å². The van der Waals surface area contributed by atoms with Gasteiger partial charge in [0, 0.05) is 10.7 Å².